The number of amides is 1. The van der Waals surface area contributed by atoms with E-state index in [0.717, 1.165) is 0 Å². The lowest BCUT2D eigenvalue weighted by Crippen LogP contribution is -2.15. The highest BCUT2D eigenvalue weighted by atomic mass is 35.5. The van der Waals surface area contributed by atoms with Crippen molar-refractivity contribution in [3.05, 3.63) is 39.7 Å². The van der Waals surface area contributed by atoms with Crippen LogP contribution in [0.25, 0.3) is 0 Å². The van der Waals surface area contributed by atoms with Crippen LogP contribution in [-0.2, 0) is 9.47 Å². The largest absolute Gasteiger partial charge is 0.495 e. The number of aromatic nitrogens is 1. The highest BCUT2D eigenvalue weighted by Crippen LogP contribution is 2.36. The Kier molecular flexibility index (Phi) is 7.31. The van der Waals surface area contributed by atoms with Gasteiger partial charge in [-0.3, -0.25) is 4.79 Å². The Labute approximate surface area is 168 Å². The van der Waals surface area contributed by atoms with Crippen LogP contribution in [0.2, 0.25) is 5.02 Å². The maximum atomic E-state index is 12.8. The highest BCUT2D eigenvalue weighted by Gasteiger charge is 2.24. The molecule has 0 saturated carbocycles. The van der Waals surface area contributed by atoms with E-state index in [-0.39, 0.29) is 12.3 Å². The number of hydrogen-bond donors (Lipinski definition) is 2. The predicted octanol–water partition coefficient (Wildman–Crippen LogP) is 3.36. The molecule has 0 aliphatic carbocycles. The van der Waals surface area contributed by atoms with Gasteiger partial charge in [0.25, 0.3) is 5.91 Å². The van der Waals surface area contributed by atoms with Crippen molar-refractivity contribution in [2.24, 2.45) is 0 Å². The predicted molar refractivity (Wildman–Crippen MR) is 105 cm³/mol. The third kappa shape index (κ3) is 4.58. The fraction of sp³-hybridized carbons (Fsp3) is 0.368. The maximum Gasteiger partial charge on any atom is 0.340 e. The minimum absolute atomic E-state index is 0.128. The molecule has 1 aromatic heterocycles. The molecular formula is C19H23ClN2O6. The van der Waals surface area contributed by atoms with E-state index >= 15 is 0 Å². The van der Waals surface area contributed by atoms with E-state index in [4.69, 9.17) is 30.5 Å². The molecule has 9 heteroatoms. The summed E-state index contributed by atoms with van der Waals surface area (Å²) in [6.45, 7) is 3.79. The summed E-state index contributed by atoms with van der Waals surface area (Å²) in [5.74, 6) is -0.203. The van der Waals surface area contributed by atoms with Crippen LogP contribution in [0.5, 0.6) is 11.5 Å². The van der Waals surface area contributed by atoms with Crippen molar-refractivity contribution < 1.29 is 28.5 Å². The lowest BCUT2D eigenvalue weighted by atomic mass is 10.1. The molecule has 0 radical (unpaired) electrons. The Morgan fingerprint density at radius 3 is 2.36 bits per heavy atom. The number of aromatic amines is 1. The van der Waals surface area contributed by atoms with Gasteiger partial charge in [0.1, 0.15) is 23.8 Å². The fourth-order valence-electron chi connectivity index (χ4n) is 2.72. The third-order valence-corrected chi connectivity index (χ3v) is 4.41. The number of hydrogen-bond acceptors (Lipinski definition) is 6. The normalized spacial score (nSPS) is 10.5. The van der Waals surface area contributed by atoms with Gasteiger partial charge in [-0.05, 0) is 19.4 Å². The summed E-state index contributed by atoms with van der Waals surface area (Å²) < 4.78 is 20.5. The summed E-state index contributed by atoms with van der Waals surface area (Å²) in [6.07, 6.45) is 0. The molecule has 1 aromatic carbocycles. The van der Waals surface area contributed by atoms with Gasteiger partial charge >= 0.3 is 5.97 Å². The molecule has 152 valence electrons. The Bertz CT molecular complexity index is 878. The number of aryl methyl sites for hydroxylation is 1. The molecule has 0 aliphatic heterocycles. The van der Waals surface area contributed by atoms with E-state index in [1.54, 1.807) is 26.0 Å². The Morgan fingerprint density at radius 1 is 1.07 bits per heavy atom. The number of halogens is 1. The lowest BCUT2D eigenvalue weighted by molar-refractivity contribution is 0.0387. The van der Waals surface area contributed by atoms with Crippen molar-refractivity contribution in [2.45, 2.75) is 13.8 Å². The zero-order chi connectivity index (χ0) is 20.8. The molecule has 2 aromatic rings. The van der Waals surface area contributed by atoms with Crippen molar-refractivity contribution in [1.82, 2.24) is 4.98 Å². The molecule has 0 bridgehead atoms. The van der Waals surface area contributed by atoms with E-state index in [1.165, 1.54) is 21.3 Å². The first-order chi connectivity index (χ1) is 13.3. The lowest BCUT2D eigenvalue weighted by Gasteiger charge is -2.13. The monoisotopic (exact) mass is 410 g/mol. The van der Waals surface area contributed by atoms with Crippen LogP contribution in [0.3, 0.4) is 0 Å². The smallest absolute Gasteiger partial charge is 0.340 e. The molecule has 0 atom stereocenters. The first-order valence-electron chi connectivity index (χ1n) is 8.42. The number of carbonyl (C=O) groups is 2. The van der Waals surface area contributed by atoms with Crippen molar-refractivity contribution in [2.75, 3.05) is 39.9 Å². The Morgan fingerprint density at radius 2 is 1.75 bits per heavy atom. The summed E-state index contributed by atoms with van der Waals surface area (Å²) in [5, 5.41) is 3.10. The van der Waals surface area contributed by atoms with Gasteiger partial charge in [0.2, 0.25) is 0 Å². The number of carbonyl (C=O) groups excluding carboxylic acids is 2. The molecule has 0 unspecified atom stereocenters. The van der Waals surface area contributed by atoms with Crippen LogP contribution in [0.4, 0.5) is 5.69 Å². The van der Waals surface area contributed by atoms with Crippen molar-refractivity contribution in [1.29, 1.82) is 0 Å². The summed E-state index contributed by atoms with van der Waals surface area (Å²) in [7, 11) is 4.45. The van der Waals surface area contributed by atoms with Gasteiger partial charge < -0.3 is 29.2 Å². The number of methoxy groups -OCH3 is 3. The van der Waals surface area contributed by atoms with Crippen LogP contribution in [0, 0.1) is 13.8 Å². The second kappa shape index (κ2) is 9.48. The van der Waals surface area contributed by atoms with Crippen LogP contribution < -0.4 is 14.8 Å². The van der Waals surface area contributed by atoms with E-state index in [1.807, 2.05) is 0 Å². The minimum Gasteiger partial charge on any atom is -0.495 e. The molecule has 0 saturated heterocycles. The Balaban J connectivity index is 2.29. The zero-order valence-electron chi connectivity index (χ0n) is 16.4. The SMILES string of the molecule is COCCOC(=O)c1c(C)[nH]c(C(=O)Nc2cc(OC)c(Cl)cc2OC)c1C. The molecule has 1 amide bonds. The number of ether oxygens (including phenoxy) is 4. The molecule has 1 heterocycles. The Hall–Kier alpha value is -2.71. The molecule has 28 heavy (non-hydrogen) atoms. The van der Waals surface area contributed by atoms with Crippen LogP contribution in [-0.4, -0.2) is 51.4 Å². The molecule has 2 rings (SSSR count). The van der Waals surface area contributed by atoms with Gasteiger partial charge in [0, 0.05) is 24.9 Å². The molecule has 0 fully saturated rings. The fourth-order valence-corrected chi connectivity index (χ4v) is 2.95. The van der Waals surface area contributed by atoms with E-state index in [2.05, 4.69) is 10.3 Å². The zero-order valence-corrected chi connectivity index (χ0v) is 17.2. The quantitative estimate of drug-likeness (QED) is 0.511. The summed E-state index contributed by atoms with van der Waals surface area (Å²) in [4.78, 5) is 28.0. The number of nitrogens with one attached hydrogen (secondary N) is 2. The number of rotatable bonds is 8. The number of anilines is 1. The number of esters is 1. The maximum absolute atomic E-state index is 12.8. The van der Waals surface area contributed by atoms with Gasteiger partial charge in [-0.1, -0.05) is 11.6 Å². The van der Waals surface area contributed by atoms with Crippen LogP contribution in [0.1, 0.15) is 32.1 Å². The topological polar surface area (TPSA) is 98.9 Å². The second-order valence-electron chi connectivity index (χ2n) is 5.89. The molecule has 2 N–H and O–H groups in total. The minimum atomic E-state index is -0.520. The standard InChI is InChI=1S/C19H23ClN2O6/c1-10-16(19(24)28-7-6-25-3)11(2)21-17(10)18(23)22-13-9-14(26-4)12(20)8-15(13)27-5/h8-9,21H,6-7H2,1-5H3,(H,22,23). The molecule has 0 spiro atoms. The third-order valence-electron chi connectivity index (χ3n) is 4.11. The summed E-state index contributed by atoms with van der Waals surface area (Å²) in [6, 6.07) is 3.10. The van der Waals surface area contributed by atoms with Gasteiger partial charge in [-0.15, -0.1) is 0 Å². The highest BCUT2D eigenvalue weighted by molar-refractivity contribution is 6.32. The van der Waals surface area contributed by atoms with Crippen molar-refractivity contribution in [3.8, 4) is 11.5 Å². The number of H-pyrrole nitrogens is 1. The number of benzene rings is 1. The van der Waals surface area contributed by atoms with Crippen molar-refractivity contribution in [3.63, 3.8) is 0 Å². The van der Waals surface area contributed by atoms with Crippen molar-refractivity contribution >= 4 is 29.2 Å². The van der Waals surface area contributed by atoms with Crippen LogP contribution in [0.15, 0.2) is 12.1 Å². The average Bonchev–Trinajstić information content (AvgIpc) is 2.97. The van der Waals surface area contributed by atoms with Gasteiger partial charge in [-0.2, -0.15) is 0 Å². The second-order valence-corrected chi connectivity index (χ2v) is 6.30. The molecule has 8 nitrogen and oxygen atoms in total. The first-order valence-corrected chi connectivity index (χ1v) is 8.79. The first kappa shape index (κ1) is 21.6. The summed E-state index contributed by atoms with van der Waals surface area (Å²) in [5.41, 5.74) is 1.96. The molecule has 0 aliphatic rings. The molecular weight excluding hydrogens is 388 g/mol. The van der Waals surface area contributed by atoms with E-state index < -0.39 is 11.9 Å². The van der Waals surface area contributed by atoms with E-state index in [9.17, 15) is 9.59 Å². The van der Waals surface area contributed by atoms with Crippen LogP contribution >= 0.6 is 11.6 Å². The van der Waals surface area contributed by atoms with Gasteiger partial charge in [0.05, 0.1) is 37.1 Å². The summed E-state index contributed by atoms with van der Waals surface area (Å²) >= 11 is 6.09. The van der Waals surface area contributed by atoms with Gasteiger partial charge in [0.15, 0.2) is 0 Å². The van der Waals surface area contributed by atoms with Gasteiger partial charge in [-0.25, -0.2) is 4.79 Å². The average molecular weight is 411 g/mol. The van der Waals surface area contributed by atoms with E-state index in [0.29, 0.717) is 45.6 Å².